The predicted molar refractivity (Wildman–Crippen MR) is 78.5 cm³/mol. The highest BCUT2D eigenvalue weighted by Gasteiger charge is 2.29. The van der Waals surface area contributed by atoms with Gasteiger partial charge in [-0.1, -0.05) is 35.3 Å². The van der Waals surface area contributed by atoms with E-state index in [2.05, 4.69) is 0 Å². The van der Waals surface area contributed by atoms with Crippen molar-refractivity contribution in [3.63, 3.8) is 0 Å². The van der Waals surface area contributed by atoms with E-state index in [1.54, 1.807) is 24.3 Å². The number of carbonyl (C=O) groups excluding carboxylic acids is 1. The second-order valence-corrected chi connectivity index (χ2v) is 5.20. The normalized spacial score (nSPS) is 16.4. The second kappa shape index (κ2) is 5.84. The van der Waals surface area contributed by atoms with Crippen LogP contribution in [0.1, 0.15) is 0 Å². The van der Waals surface area contributed by atoms with Crippen molar-refractivity contribution >= 4 is 29.2 Å². The number of hydrogen-bond acceptors (Lipinski definition) is 4. The summed E-state index contributed by atoms with van der Waals surface area (Å²) in [5, 5.41) is 0.721. The van der Waals surface area contributed by atoms with Crippen LogP contribution in [0.5, 0.6) is 17.2 Å². The van der Waals surface area contributed by atoms with E-state index in [0.717, 1.165) is 0 Å². The van der Waals surface area contributed by atoms with Crippen LogP contribution in [0.15, 0.2) is 42.5 Å². The maximum atomic E-state index is 12.1. The highest BCUT2D eigenvalue weighted by atomic mass is 35.5. The molecule has 2 aromatic carbocycles. The zero-order valence-electron chi connectivity index (χ0n) is 10.7. The predicted octanol–water partition coefficient (Wildman–Crippen LogP) is 3.74. The summed E-state index contributed by atoms with van der Waals surface area (Å²) in [6, 6.07) is 11.7. The zero-order valence-corrected chi connectivity index (χ0v) is 12.2. The Morgan fingerprint density at radius 3 is 2.67 bits per heavy atom. The minimum absolute atomic E-state index is 0.0844. The van der Waals surface area contributed by atoms with Gasteiger partial charge < -0.3 is 14.2 Å². The average molecular weight is 325 g/mol. The molecular weight excluding hydrogens is 315 g/mol. The molecule has 0 spiro atoms. The van der Waals surface area contributed by atoms with Crippen molar-refractivity contribution in [1.82, 2.24) is 0 Å². The summed E-state index contributed by atoms with van der Waals surface area (Å²) in [5.74, 6) is 0.765. The molecule has 0 saturated carbocycles. The molecule has 2 aromatic rings. The molecule has 108 valence electrons. The van der Waals surface area contributed by atoms with Crippen molar-refractivity contribution in [3.05, 3.63) is 52.5 Å². The van der Waals surface area contributed by atoms with Crippen LogP contribution in [-0.2, 0) is 4.79 Å². The van der Waals surface area contributed by atoms with Gasteiger partial charge in [0, 0.05) is 5.02 Å². The first-order valence-corrected chi connectivity index (χ1v) is 6.94. The fourth-order valence-corrected chi connectivity index (χ4v) is 2.31. The third kappa shape index (κ3) is 3.06. The lowest BCUT2D eigenvalue weighted by Gasteiger charge is -2.24. The number of carbonyl (C=O) groups is 1. The van der Waals surface area contributed by atoms with Crippen molar-refractivity contribution in [2.75, 3.05) is 6.61 Å². The molecule has 0 unspecified atom stereocenters. The number of halogens is 2. The number of benzene rings is 2. The Bertz CT molecular complexity index is 687. The Balaban J connectivity index is 1.72. The minimum atomic E-state index is -0.841. The lowest BCUT2D eigenvalue weighted by atomic mass is 10.2. The number of hydrogen-bond donors (Lipinski definition) is 0. The van der Waals surface area contributed by atoms with Crippen LogP contribution in [0.4, 0.5) is 0 Å². The fraction of sp³-hybridized carbons (Fsp3) is 0.133. The average Bonchev–Trinajstić information content (AvgIpc) is 2.49. The van der Waals surface area contributed by atoms with Crippen LogP contribution in [0, 0.1) is 0 Å². The monoisotopic (exact) mass is 324 g/mol. The van der Waals surface area contributed by atoms with Gasteiger partial charge in [0.15, 0.2) is 11.5 Å². The number of para-hydroxylation sites is 2. The number of rotatable bonds is 2. The standard InChI is InChI=1S/C15H10Cl2O4/c16-9-5-6-11(10(17)7-9)21-15(18)14-8-19-12-3-1-2-4-13(12)20-14/h1-7,14H,8H2/t14-/m1/s1. The second-order valence-electron chi connectivity index (χ2n) is 4.36. The van der Waals surface area contributed by atoms with Gasteiger partial charge in [0.2, 0.25) is 6.10 Å². The summed E-state index contributed by atoms with van der Waals surface area (Å²) in [6.45, 7) is 0.0844. The van der Waals surface area contributed by atoms with Gasteiger partial charge in [0.25, 0.3) is 0 Å². The fourth-order valence-electron chi connectivity index (χ4n) is 1.87. The van der Waals surface area contributed by atoms with Gasteiger partial charge in [0.05, 0.1) is 5.02 Å². The molecule has 3 rings (SSSR count). The topological polar surface area (TPSA) is 44.8 Å². The van der Waals surface area contributed by atoms with Crippen LogP contribution in [-0.4, -0.2) is 18.7 Å². The first kappa shape index (κ1) is 14.0. The highest BCUT2D eigenvalue weighted by Crippen LogP contribution is 2.32. The van der Waals surface area contributed by atoms with Crippen molar-refractivity contribution in [2.45, 2.75) is 6.10 Å². The SMILES string of the molecule is O=C(Oc1ccc(Cl)cc1Cl)[C@H]1COc2ccccc2O1. The van der Waals surface area contributed by atoms with Crippen LogP contribution < -0.4 is 14.2 Å². The molecule has 4 nitrogen and oxygen atoms in total. The quantitative estimate of drug-likeness (QED) is 0.623. The van der Waals surface area contributed by atoms with Gasteiger partial charge in [-0.25, -0.2) is 4.79 Å². The van der Waals surface area contributed by atoms with E-state index in [-0.39, 0.29) is 17.4 Å². The summed E-state index contributed by atoms with van der Waals surface area (Å²) in [7, 11) is 0. The third-order valence-electron chi connectivity index (χ3n) is 2.88. The number of esters is 1. The molecule has 0 amide bonds. The molecule has 6 heteroatoms. The van der Waals surface area contributed by atoms with Crippen LogP contribution in [0.25, 0.3) is 0 Å². The van der Waals surface area contributed by atoms with Crippen molar-refractivity contribution < 1.29 is 19.0 Å². The minimum Gasteiger partial charge on any atom is -0.485 e. The number of fused-ring (bicyclic) bond motifs is 1. The van der Waals surface area contributed by atoms with Crippen LogP contribution in [0.2, 0.25) is 10.0 Å². The van der Waals surface area contributed by atoms with E-state index in [1.165, 1.54) is 12.1 Å². The van der Waals surface area contributed by atoms with Gasteiger partial charge in [-0.2, -0.15) is 0 Å². The Morgan fingerprint density at radius 1 is 1.14 bits per heavy atom. The van der Waals surface area contributed by atoms with E-state index in [9.17, 15) is 4.79 Å². The molecule has 1 aliphatic rings. The number of ether oxygens (including phenoxy) is 3. The molecule has 1 aliphatic heterocycles. The molecule has 0 saturated heterocycles. The molecule has 0 bridgehead atoms. The lowest BCUT2D eigenvalue weighted by molar-refractivity contribution is -0.144. The van der Waals surface area contributed by atoms with Crippen molar-refractivity contribution in [1.29, 1.82) is 0 Å². The Morgan fingerprint density at radius 2 is 1.90 bits per heavy atom. The molecular formula is C15H10Cl2O4. The van der Waals surface area contributed by atoms with Crippen LogP contribution in [0.3, 0.4) is 0 Å². The van der Waals surface area contributed by atoms with Crippen molar-refractivity contribution in [3.8, 4) is 17.2 Å². The van der Waals surface area contributed by atoms with E-state index < -0.39 is 12.1 Å². The lowest BCUT2D eigenvalue weighted by Crippen LogP contribution is -2.39. The van der Waals surface area contributed by atoms with Gasteiger partial charge in [-0.15, -0.1) is 0 Å². The van der Waals surface area contributed by atoms with E-state index in [4.69, 9.17) is 37.4 Å². The smallest absolute Gasteiger partial charge is 0.356 e. The Hall–Kier alpha value is -1.91. The summed E-state index contributed by atoms with van der Waals surface area (Å²) < 4.78 is 16.2. The molecule has 1 atom stereocenters. The third-order valence-corrected chi connectivity index (χ3v) is 3.41. The Kier molecular flexibility index (Phi) is 3.90. The van der Waals surface area contributed by atoms with E-state index in [0.29, 0.717) is 16.5 Å². The maximum Gasteiger partial charge on any atom is 0.356 e. The van der Waals surface area contributed by atoms with Gasteiger partial charge in [-0.3, -0.25) is 0 Å². The molecule has 0 fully saturated rings. The Labute approximate surface area is 131 Å². The van der Waals surface area contributed by atoms with Gasteiger partial charge in [-0.05, 0) is 30.3 Å². The molecule has 0 radical (unpaired) electrons. The molecule has 21 heavy (non-hydrogen) atoms. The van der Waals surface area contributed by atoms with Crippen molar-refractivity contribution in [2.24, 2.45) is 0 Å². The van der Waals surface area contributed by atoms with Crippen LogP contribution >= 0.6 is 23.2 Å². The largest absolute Gasteiger partial charge is 0.485 e. The highest BCUT2D eigenvalue weighted by molar-refractivity contribution is 6.35. The summed E-state index contributed by atoms with van der Waals surface area (Å²) in [5.41, 5.74) is 0. The molecule has 0 N–H and O–H groups in total. The van der Waals surface area contributed by atoms with E-state index in [1.807, 2.05) is 6.07 Å². The maximum absolute atomic E-state index is 12.1. The molecule has 0 aromatic heterocycles. The molecule has 0 aliphatic carbocycles. The molecule has 1 heterocycles. The zero-order chi connectivity index (χ0) is 14.8. The van der Waals surface area contributed by atoms with Gasteiger partial charge in [0.1, 0.15) is 12.4 Å². The first-order chi connectivity index (χ1) is 10.1. The summed E-state index contributed by atoms with van der Waals surface area (Å²) in [6.07, 6.45) is -0.841. The summed E-state index contributed by atoms with van der Waals surface area (Å²) >= 11 is 11.7. The van der Waals surface area contributed by atoms with Gasteiger partial charge >= 0.3 is 5.97 Å². The first-order valence-electron chi connectivity index (χ1n) is 6.19. The summed E-state index contributed by atoms with van der Waals surface area (Å²) in [4.78, 5) is 12.1. The van der Waals surface area contributed by atoms with E-state index >= 15 is 0 Å².